The molecule has 2 atom stereocenters. The number of nitrogens with zero attached hydrogens (tertiary/aromatic N) is 3. The predicted octanol–water partition coefficient (Wildman–Crippen LogP) is 0.430. The monoisotopic (exact) mass is 306 g/mol. The SMILES string of the molecule is CCC(CO)N1CCN(C(=O)C2CCc3cn[nH]c3C2)CC1. The largest absolute Gasteiger partial charge is 0.395 e. The molecule has 3 rings (SSSR count). The van der Waals surface area contributed by atoms with Gasteiger partial charge in [0, 0.05) is 50.3 Å². The van der Waals surface area contributed by atoms with E-state index in [1.54, 1.807) is 0 Å². The molecule has 0 radical (unpaired) electrons. The summed E-state index contributed by atoms with van der Waals surface area (Å²) >= 11 is 0. The lowest BCUT2D eigenvalue weighted by atomic mass is 9.87. The smallest absolute Gasteiger partial charge is 0.226 e. The van der Waals surface area contributed by atoms with Crippen LogP contribution in [0.5, 0.6) is 0 Å². The number of piperazine rings is 1. The highest BCUT2D eigenvalue weighted by atomic mass is 16.3. The molecule has 1 aliphatic carbocycles. The van der Waals surface area contributed by atoms with Crippen molar-refractivity contribution in [1.82, 2.24) is 20.0 Å². The van der Waals surface area contributed by atoms with E-state index in [2.05, 4.69) is 22.0 Å². The number of amides is 1. The van der Waals surface area contributed by atoms with Crippen LogP contribution in [-0.2, 0) is 17.6 Å². The van der Waals surface area contributed by atoms with Gasteiger partial charge in [0.1, 0.15) is 0 Å². The lowest BCUT2D eigenvalue weighted by molar-refractivity contribution is -0.138. The van der Waals surface area contributed by atoms with Gasteiger partial charge in [-0.15, -0.1) is 0 Å². The lowest BCUT2D eigenvalue weighted by Crippen LogP contribution is -2.54. The van der Waals surface area contributed by atoms with Gasteiger partial charge in [-0.1, -0.05) is 6.92 Å². The summed E-state index contributed by atoms with van der Waals surface area (Å²) in [6.45, 7) is 5.60. The number of aromatic amines is 1. The minimum atomic E-state index is 0.0966. The van der Waals surface area contributed by atoms with Crippen LogP contribution in [0.15, 0.2) is 6.20 Å². The molecular weight excluding hydrogens is 280 g/mol. The van der Waals surface area contributed by atoms with Crippen LogP contribution < -0.4 is 0 Å². The number of aromatic nitrogens is 2. The van der Waals surface area contributed by atoms with Crippen LogP contribution in [0.25, 0.3) is 0 Å². The average molecular weight is 306 g/mol. The molecule has 1 aliphatic heterocycles. The number of carbonyl (C=O) groups excluding carboxylic acids is 1. The topological polar surface area (TPSA) is 72.5 Å². The molecule has 6 nitrogen and oxygen atoms in total. The Bertz CT molecular complexity index is 504. The van der Waals surface area contributed by atoms with Gasteiger partial charge in [-0.2, -0.15) is 5.10 Å². The number of hydrogen-bond acceptors (Lipinski definition) is 4. The maximum atomic E-state index is 12.7. The molecule has 22 heavy (non-hydrogen) atoms. The van der Waals surface area contributed by atoms with Crippen molar-refractivity contribution in [3.05, 3.63) is 17.5 Å². The summed E-state index contributed by atoms with van der Waals surface area (Å²) in [7, 11) is 0. The summed E-state index contributed by atoms with van der Waals surface area (Å²) in [6, 6.07) is 0.236. The molecule has 2 N–H and O–H groups in total. The van der Waals surface area contributed by atoms with Gasteiger partial charge in [-0.3, -0.25) is 14.8 Å². The van der Waals surface area contributed by atoms with Gasteiger partial charge in [0.05, 0.1) is 12.8 Å². The first-order chi connectivity index (χ1) is 10.7. The highest BCUT2D eigenvalue weighted by Gasteiger charge is 2.31. The first-order valence-corrected chi connectivity index (χ1v) is 8.37. The fourth-order valence-corrected chi connectivity index (χ4v) is 3.69. The number of aryl methyl sites for hydroxylation is 1. The number of hydrogen-bond donors (Lipinski definition) is 2. The van der Waals surface area contributed by atoms with Crippen LogP contribution in [0.1, 0.15) is 31.0 Å². The number of rotatable bonds is 4. The van der Waals surface area contributed by atoms with E-state index in [0.717, 1.165) is 57.6 Å². The molecule has 1 fully saturated rings. The molecule has 2 aliphatic rings. The van der Waals surface area contributed by atoms with E-state index < -0.39 is 0 Å². The number of fused-ring (bicyclic) bond motifs is 1. The van der Waals surface area contributed by atoms with Gasteiger partial charge in [-0.05, 0) is 24.8 Å². The van der Waals surface area contributed by atoms with Gasteiger partial charge >= 0.3 is 0 Å². The summed E-state index contributed by atoms with van der Waals surface area (Å²) in [4.78, 5) is 17.0. The van der Waals surface area contributed by atoms with Gasteiger partial charge in [0.15, 0.2) is 0 Å². The zero-order valence-corrected chi connectivity index (χ0v) is 13.3. The minimum Gasteiger partial charge on any atom is -0.395 e. The normalized spacial score (nSPS) is 24.1. The van der Waals surface area contributed by atoms with Gasteiger partial charge in [0.25, 0.3) is 0 Å². The summed E-state index contributed by atoms with van der Waals surface area (Å²) in [6.07, 6.45) is 5.51. The first kappa shape index (κ1) is 15.5. The summed E-state index contributed by atoms with van der Waals surface area (Å²) < 4.78 is 0. The van der Waals surface area contributed by atoms with Gasteiger partial charge in [-0.25, -0.2) is 0 Å². The molecule has 0 aromatic carbocycles. The van der Waals surface area contributed by atoms with Crippen molar-refractivity contribution >= 4 is 5.91 Å². The lowest BCUT2D eigenvalue weighted by Gasteiger charge is -2.40. The van der Waals surface area contributed by atoms with E-state index >= 15 is 0 Å². The second-order valence-corrected chi connectivity index (χ2v) is 6.42. The van der Waals surface area contributed by atoms with Crippen molar-refractivity contribution in [1.29, 1.82) is 0 Å². The fraction of sp³-hybridized carbons (Fsp3) is 0.750. The van der Waals surface area contributed by atoms with E-state index in [0.29, 0.717) is 0 Å². The van der Waals surface area contributed by atoms with Crippen molar-refractivity contribution < 1.29 is 9.90 Å². The van der Waals surface area contributed by atoms with Crippen LogP contribution in [0.2, 0.25) is 0 Å². The number of aliphatic hydroxyl groups is 1. The Labute approximate surface area is 131 Å². The Kier molecular flexibility index (Phi) is 4.78. The molecule has 2 heterocycles. The Morgan fingerprint density at radius 2 is 2.23 bits per heavy atom. The zero-order valence-electron chi connectivity index (χ0n) is 13.3. The number of H-pyrrole nitrogens is 1. The minimum absolute atomic E-state index is 0.0966. The van der Waals surface area contributed by atoms with Crippen LogP contribution >= 0.6 is 0 Å². The molecule has 2 unspecified atom stereocenters. The van der Waals surface area contributed by atoms with E-state index in [4.69, 9.17) is 0 Å². The number of nitrogens with one attached hydrogen (secondary N) is 1. The zero-order chi connectivity index (χ0) is 15.5. The molecular formula is C16H26N4O2. The second-order valence-electron chi connectivity index (χ2n) is 6.42. The van der Waals surface area contributed by atoms with Crippen molar-refractivity contribution in [2.24, 2.45) is 5.92 Å². The molecule has 1 aromatic rings. The van der Waals surface area contributed by atoms with Crippen molar-refractivity contribution in [3.63, 3.8) is 0 Å². The number of aliphatic hydroxyl groups excluding tert-OH is 1. The fourth-order valence-electron chi connectivity index (χ4n) is 3.69. The molecule has 0 bridgehead atoms. The molecule has 122 valence electrons. The first-order valence-electron chi connectivity index (χ1n) is 8.37. The van der Waals surface area contributed by atoms with Crippen LogP contribution in [0.4, 0.5) is 0 Å². The molecule has 1 aromatic heterocycles. The number of carbonyl (C=O) groups is 1. The maximum absolute atomic E-state index is 12.7. The standard InChI is InChI=1S/C16H26N4O2/c1-2-14(11-21)19-5-7-20(8-6-19)16(22)12-3-4-13-10-17-18-15(13)9-12/h10,12,14,21H,2-9,11H2,1H3,(H,17,18). The maximum Gasteiger partial charge on any atom is 0.226 e. The molecule has 1 saturated heterocycles. The summed E-state index contributed by atoms with van der Waals surface area (Å²) in [5.74, 6) is 0.385. The van der Waals surface area contributed by atoms with Crippen LogP contribution in [-0.4, -0.2) is 69.8 Å². The van der Waals surface area contributed by atoms with E-state index in [1.807, 2.05) is 11.1 Å². The third-order valence-corrected chi connectivity index (χ3v) is 5.19. The highest BCUT2D eigenvalue weighted by molar-refractivity contribution is 5.79. The second kappa shape index (κ2) is 6.79. The average Bonchev–Trinajstić information content (AvgIpc) is 3.03. The quantitative estimate of drug-likeness (QED) is 0.846. The van der Waals surface area contributed by atoms with Crippen molar-refractivity contribution in [2.75, 3.05) is 32.8 Å². The summed E-state index contributed by atoms with van der Waals surface area (Å²) in [5.41, 5.74) is 2.40. The third-order valence-electron chi connectivity index (χ3n) is 5.19. The molecule has 6 heteroatoms. The van der Waals surface area contributed by atoms with E-state index in [9.17, 15) is 9.90 Å². The Morgan fingerprint density at radius 3 is 2.91 bits per heavy atom. The van der Waals surface area contributed by atoms with E-state index in [1.165, 1.54) is 5.56 Å². The highest BCUT2D eigenvalue weighted by Crippen LogP contribution is 2.25. The summed E-state index contributed by atoms with van der Waals surface area (Å²) in [5, 5.41) is 16.5. The molecule has 1 amide bonds. The molecule has 0 saturated carbocycles. The van der Waals surface area contributed by atoms with Gasteiger partial charge in [0.2, 0.25) is 5.91 Å². The Hall–Kier alpha value is -1.40. The predicted molar refractivity (Wildman–Crippen MR) is 83.4 cm³/mol. The van der Waals surface area contributed by atoms with Crippen LogP contribution in [0.3, 0.4) is 0 Å². The van der Waals surface area contributed by atoms with E-state index in [-0.39, 0.29) is 24.5 Å². The van der Waals surface area contributed by atoms with Gasteiger partial charge < -0.3 is 10.0 Å². The van der Waals surface area contributed by atoms with Crippen molar-refractivity contribution in [3.8, 4) is 0 Å². The van der Waals surface area contributed by atoms with Crippen LogP contribution in [0, 0.1) is 5.92 Å². The Morgan fingerprint density at radius 1 is 1.45 bits per heavy atom. The third kappa shape index (κ3) is 3.03. The van der Waals surface area contributed by atoms with Crippen molar-refractivity contribution in [2.45, 2.75) is 38.6 Å². The Balaban J connectivity index is 1.54. The molecule has 0 spiro atoms.